The molecule has 8 heteroatoms. The second kappa shape index (κ2) is 7.23. The average Bonchev–Trinajstić information content (AvgIpc) is 3.02. The molecule has 1 aromatic heterocycles. The minimum atomic E-state index is -0.499. The van der Waals surface area contributed by atoms with Crippen LogP contribution in [-0.2, 0) is 11.3 Å². The predicted octanol–water partition coefficient (Wildman–Crippen LogP) is 2.54. The highest BCUT2D eigenvalue weighted by molar-refractivity contribution is 6.30. The van der Waals surface area contributed by atoms with Gasteiger partial charge in [-0.2, -0.15) is 5.10 Å². The lowest BCUT2D eigenvalue weighted by Crippen LogP contribution is -2.61. The molecule has 0 unspecified atom stereocenters. The van der Waals surface area contributed by atoms with Crippen LogP contribution in [0.3, 0.4) is 0 Å². The van der Waals surface area contributed by atoms with Crippen LogP contribution in [-0.4, -0.2) is 40.9 Å². The van der Waals surface area contributed by atoms with Gasteiger partial charge in [0, 0.05) is 12.7 Å². The number of aromatic nitrogens is 2. The SMILES string of the molecule is Cl.O=C1N(CCn2cc(Cl)cn2)c2ccccc2NC12CCNCC2. The number of anilines is 2. The van der Waals surface area contributed by atoms with Crippen molar-refractivity contribution in [1.29, 1.82) is 0 Å². The second-order valence-electron chi connectivity index (χ2n) is 6.35. The van der Waals surface area contributed by atoms with Gasteiger partial charge >= 0.3 is 0 Å². The van der Waals surface area contributed by atoms with Crippen molar-refractivity contribution in [3.8, 4) is 0 Å². The molecule has 0 bridgehead atoms. The molecular weight excluding hydrogens is 361 g/mol. The van der Waals surface area contributed by atoms with Crippen molar-refractivity contribution in [2.45, 2.75) is 24.9 Å². The first-order chi connectivity index (χ1) is 11.7. The molecule has 0 radical (unpaired) electrons. The van der Waals surface area contributed by atoms with Crippen LogP contribution < -0.4 is 15.5 Å². The Morgan fingerprint density at radius 3 is 2.68 bits per heavy atom. The van der Waals surface area contributed by atoms with Gasteiger partial charge in [0.1, 0.15) is 5.54 Å². The zero-order valence-electron chi connectivity index (χ0n) is 13.7. The highest BCUT2D eigenvalue weighted by atomic mass is 35.5. The van der Waals surface area contributed by atoms with Gasteiger partial charge in [-0.15, -0.1) is 12.4 Å². The number of nitrogens with zero attached hydrogens (tertiary/aromatic N) is 3. The number of benzene rings is 1. The normalized spacial score (nSPS) is 18.4. The third-order valence-corrected chi connectivity index (χ3v) is 5.03. The Morgan fingerprint density at radius 2 is 1.96 bits per heavy atom. The number of hydrogen-bond acceptors (Lipinski definition) is 4. The maximum Gasteiger partial charge on any atom is 0.252 e. The minimum absolute atomic E-state index is 0. The van der Waals surface area contributed by atoms with Crippen LogP contribution in [0, 0.1) is 0 Å². The van der Waals surface area contributed by atoms with Gasteiger partial charge in [-0.05, 0) is 38.1 Å². The summed E-state index contributed by atoms with van der Waals surface area (Å²) in [4.78, 5) is 15.2. The average molecular weight is 382 g/mol. The summed E-state index contributed by atoms with van der Waals surface area (Å²) in [5.41, 5.74) is 1.46. The third-order valence-electron chi connectivity index (χ3n) is 4.83. The summed E-state index contributed by atoms with van der Waals surface area (Å²) in [5, 5.41) is 11.7. The summed E-state index contributed by atoms with van der Waals surface area (Å²) in [6, 6.07) is 8.00. The van der Waals surface area contributed by atoms with Crippen LogP contribution in [0.2, 0.25) is 5.02 Å². The minimum Gasteiger partial charge on any atom is -0.369 e. The third kappa shape index (κ3) is 3.34. The Balaban J connectivity index is 0.00000182. The Kier molecular flexibility index (Phi) is 5.22. The molecule has 25 heavy (non-hydrogen) atoms. The molecule has 1 aromatic carbocycles. The fourth-order valence-corrected chi connectivity index (χ4v) is 3.73. The zero-order valence-corrected chi connectivity index (χ0v) is 15.3. The predicted molar refractivity (Wildman–Crippen MR) is 102 cm³/mol. The Labute approximate surface area is 157 Å². The molecule has 2 aromatic rings. The van der Waals surface area contributed by atoms with E-state index in [2.05, 4.69) is 15.7 Å². The monoisotopic (exact) mass is 381 g/mol. The van der Waals surface area contributed by atoms with E-state index >= 15 is 0 Å². The molecule has 1 saturated heterocycles. The van der Waals surface area contributed by atoms with E-state index in [0.717, 1.165) is 37.3 Å². The van der Waals surface area contributed by atoms with Gasteiger partial charge in [0.25, 0.3) is 5.91 Å². The van der Waals surface area contributed by atoms with Crippen LogP contribution in [0.25, 0.3) is 0 Å². The molecule has 134 valence electrons. The first kappa shape index (κ1) is 18.0. The van der Waals surface area contributed by atoms with E-state index in [-0.39, 0.29) is 18.3 Å². The van der Waals surface area contributed by atoms with E-state index in [1.807, 2.05) is 29.2 Å². The number of amides is 1. The van der Waals surface area contributed by atoms with Gasteiger partial charge in [0.05, 0.1) is 29.1 Å². The lowest BCUT2D eigenvalue weighted by Gasteiger charge is -2.46. The van der Waals surface area contributed by atoms with Crippen molar-refractivity contribution in [2.75, 3.05) is 29.9 Å². The fraction of sp³-hybridized carbons (Fsp3) is 0.412. The van der Waals surface area contributed by atoms with Crippen LogP contribution in [0.1, 0.15) is 12.8 Å². The first-order valence-corrected chi connectivity index (χ1v) is 8.64. The lowest BCUT2D eigenvalue weighted by atomic mass is 9.84. The highest BCUT2D eigenvalue weighted by Gasteiger charge is 2.46. The van der Waals surface area contributed by atoms with Gasteiger partial charge in [0.15, 0.2) is 0 Å². The molecule has 2 aliphatic rings. The molecule has 1 amide bonds. The molecule has 1 fully saturated rings. The molecule has 0 atom stereocenters. The van der Waals surface area contributed by atoms with Gasteiger partial charge in [-0.1, -0.05) is 23.7 Å². The van der Waals surface area contributed by atoms with Crippen molar-refractivity contribution >= 4 is 41.3 Å². The number of carbonyl (C=O) groups excluding carboxylic acids is 1. The molecule has 1 spiro atoms. The summed E-state index contributed by atoms with van der Waals surface area (Å²) >= 11 is 5.93. The number of rotatable bonds is 3. The first-order valence-electron chi connectivity index (χ1n) is 8.26. The van der Waals surface area contributed by atoms with Crippen LogP contribution in [0.5, 0.6) is 0 Å². The smallest absolute Gasteiger partial charge is 0.252 e. The zero-order chi connectivity index (χ0) is 16.6. The Morgan fingerprint density at radius 1 is 1.20 bits per heavy atom. The van der Waals surface area contributed by atoms with Gasteiger partial charge in [-0.25, -0.2) is 0 Å². The maximum absolute atomic E-state index is 13.3. The number of carbonyl (C=O) groups is 1. The van der Waals surface area contributed by atoms with E-state index in [1.165, 1.54) is 0 Å². The summed E-state index contributed by atoms with van der Waals surface area (Å²) < 4.78 is 1.77. The number of fused-ring (bicyclic) bond motifs is 1. The highest BCUT2D eigenvalue weighted by Crippen LogP contribution is 2.38. The summed E-state index contributed by atoms with van der Waals surface area (Å²) in [7, 11) is 0. The number of nitrogens with one attached hydrogen (secondary N) is 2. The van der Waals surface area contributed by atoms with Crippen LogP contribution >= 0.6 is 24.0 Å². The van der Waals surface area contributed by atoms with Crippen LogP contribution in [0.4, 0.5) is 11.4 Å². The Hall–Kier alpha value is -1.76. The summed E-state index contributed by atoms with van der Waals surface area (Å²) in [5.74, 6) is 0.154. The van der Waals surface area contributed by atoms with Gasteiger partial charge < -0.3 is 15.5 Å². The van der Waals surface area contributed by atoms with Crippen LogP contribution in [0.15, 0.2) is 36.7 Å². The van der Waals surface area contributed by atoms with E-state index in [4.69, 9.17) is 11.6 Å². The molecule has 0 aliphatic carbocycles. The molecule has 0 saturated carbocycles. The number of hydrogen-bond donors (Lipinski definition) is 2. The largest absolute Gasteiger partial charge is 0.369 e. The van der Waals surface area contributed by atoms with E-state index in [0.29, 0.717) is 18.1 Å². The van der Waals surface area contributed by atoms with Gasteiger partial charge in [-0.3, -0.25) is 9.48 Å². The standard InChI is InChI=1S/C17H20ClN5O.ClH/c18-13-11-20-22(12-13)9-10-23-15-4-2-1-3-14(15)21-17(16(23)24)5-7-19-8-6-17;/h1-4,11-12,19,21H,5-10H2;1H. The quantitative estimate of drug-likeness (QED) is 0.857. The fourth-order valence-electron chi connectivity index (χ4n) is 3.57. The maximum atomic E-state index is 13.3. The molecule has 2 N–H and O–H groups in total. The molecular formula is C17H21Cl2N5O. The Bertz CT molecular complexity index is 757. The summed E-state index contributed by atoms with van der Waals surface area (Å²) in [6.45, 7) is 2.89. The topological polar surface area (TPSA) is 62.2 Å². The summed E-state index contributed by atoms with van der Waals surface area (Å²) in [6.07, 6.45) is 4.98. The lowest BCUT2D eigenvalue weighted by molar-refractivity contribution is -0.124. The number of piperidine rings is 1. The van der Waals surface area contributed by atoms with E-state index in [1.54, 1.807) is 17.1 Å². The van der Waals surface area contributed by atoms with E-state index in [9.17, 15) is 4.79 Å². The molecule has 2 aliphatic heterocycles. The molecule has 3 heterocycles. The number of para-hydroxylation sites is 2. The molecule has 6 nitrogen and oxygen atoms in total. The van der Waals surface area contributed by atoms with Gasteiger partial charge in [0.2, 0.25) is 0 Å². The van der Waals surface area contributed by atoms with Crippen molar-refractivity contribution in [3.63, 3.8) is 0 Å². The molecule has 4 rings (SSSR count). The van der Waals surface area contributed by atoms with E-state index < -0.39 is 5.54 Å². The van der Waals surface area contributed by atoms with Crippen molar-refractivity contribution in [2.24, 2.45) is 0 Å². The van der Waals surface area contributed by atoms with Crippen molar-refractivity contribution < 1.29 is 4.79 Å². The van der Waals surface area contributed by atoms with Crippen molar-refractivity contribution in [3.05, 3.63) is 41.7 Å². The number of halogens is 2. The van der Waals surface area contributed by atoms with Crippen molar-refractivity contribution in [1.82, 2.24) is 15.1 Å². The second-order valence-corrected chi connectivity index (χ2v) is 6.79.